The van der Waals surface area contributed by atoms with E-state index >= 15 is 0 Å². The summed E-state index contributed by atoms with van der Waals surface area (Å²) in [4.78, 5) is 44.2. The summed E-state index contributed by atoms with van der Waals surface area (Å²) < 4.78 is 5.59. The second-order valence-corrected chi connectivity index (χ2v) is 9.40. The van der Waals surface area contributed by atoms with Crippen molar-refractivity contribution in [2.45, 2.75) is 26.3 Å². The molecule has 41 heavy (non-hydrogen) atoms. The molecule has 8 heteroatoms. The number of carboxylic acids is 1. The number of nitrogens with one attached hydrogen (secondary N) is 1. The number of amides is 2. The standard InChI is InChI=1S/C33H33N3O5/c1-2-41-26-11-7-9-24(21-26)16-19-36(20-17-31(37)38)33(40)30-15-6-4-13-28(30)27-12-3-5-14-29(27)32(39)35-23-25-10-8-18-34-22-25/h3-15,18,21-22H,2,16-17,19-20,23H2,1H3,(H,35,39)(H,37,38). The van der Waals surface area contributed by atoms with Crippen LogP contribution in [-0.4, -0.2) is 52.5 Å². The van der Waals surface area contributed by atoms with Gasteiger partial charge in [-0.25, -0.2) is 0 Å². The quantitative estimate of drug-likeness (QED) is 0.235. The topological polar surface area (TPSA) is 109 Å². The summed E-state index contributed by atoms with van der Waals surface area (Å²) in [6.07, 6.45) is 3.72. The zero-order valence-corrected chi connectivity index (χ0v) is 23.0. The van der Waals surface area contributed by atoms with Gasteiger partial charge in [-0.1, -0.05) is 54.6 Å². The van der Waals surface area contributed by atoms with E-state index in [1.54, 1.807) is 47.6 Å². The van der Waals surface area contributed by atoms with Crippen molar-refractivity contribution in [2.75, 3.05) is 19.7 Å². The number of ether oxygens (including phenoxy) is 1. The molecule has 0 aliphatic rings. The lowest BCUT2D eigenvalue weighted by Gasteiger charge is -2.24. The van der Waals surface area contributed by atoms with Gasteiger partial charge >= 0.3 is 5.97 Å². The van der Waals surface area contributed by atoms with Gasteiger partial charge in [0.05, 0.1) is 13.0 Å². The van der Waals surface area contributed by atoms with Crippen LogP contribution in [-0.2, 0) is 17.8 Å². The number of hydrogen-bond donors (Lipinski definition) is 2. The number of rotatable bonds is 13. The summed E-state index contributed by atoms with van der Waals surface area (Å²) in [5, 5.41) is 12.3. The summed E-state index contributed by atoms with van der Waals surface area (Å²) in [7, 11) is 0. The fraction of sp³-hybridized carbons (Fsp3) is 0.212. The Balaban J connectivity index is 1.59. The first kappa shape index (κ1) is 29.0. The Morgan fingerprint density at radius 2 is 1.56 bits per heavy atom. The van der Waals surface area contributed by atoms with Gasteiger partial charge in [-0.15, -0.1) is 0 Å². The number of hydrogen-bond acceptors (Lipinski definition) is 5. The Morgan fingerprint density at radius 3 is 2.27 bits per heavy atom. The number of aliphatic carboxylic acids is 1. The third-order valence-corrected chi connectivity index (χ3v) is 6.56. The second kappa shape index (κ2) is 14.4. The smallest absolute Gasteiger partial charge is 0.305 e. The van der Waals surface area contributed by atoms with E-state index in [-0.39, 0.29) is 24.8 Å². The summed E-state index contributed by atoms with van der Waals surface area (Å²) in [6, 6.07) is 25.6. The molecule has 0 aliphatic heterocycles. The Hall–Kier alpha value is -4.98. The molecule has 2 amide bonds. The van der Waals surface area contributed by atoms with E-state index in [9.17, 15) is 19.5 Å². The minimum atomic E-state index is -0.981. The van der Waals surface area contributed by atoms with Gasteiger partial charge in [0.25, 0.3) is 11.8 Å². The second-order valence-electron chi connectivity index (χ2n) is 9.40. The predicted octanol–water partition coefficient (Wildman–Crippen LogP) is 5.24. The normalized spacial score (nSPS) is 10.6. The van der Waals surface area contributed by atoms with E-state index in [1.165, 1.54) is 0 Å². The van der Waals surface area contributed by atoms with E-state index in [2.05, 4.69) is 10.3 Å². The Morgan fingerprint density at radius 1 is 0.854 bits per heavy atom. The summed E-state index contributed by atoms with van der Waals surface area (Å²) in [6.45, 7) is 3.16. The van der Waals surface area contributed by atoms with E-state index < -0.39 is 5.97 Å². The van der Waals surface area contributed by atoms with Crippen LogP contribution in [0.3, 0.4) is 0 Å². The van der Waals surface area contributed by atoms with Crippen LogP contribution in [0.2, 0.25) is 0 Å². The summed E-state index contributed by atoms with van der Waals surface area (Å²) >= 11 is 0. The minimum Gasteiger partial charge on any atom is -0.494 e. The molecule has 0 bridgehead atoms. The van der Waals surface area contributed by atoms with Crippen molar-refractivity contribution in [3.63, 3.8) is 0 Å². The number of carboxylic acid groups (broad SMARTS) is 1. The van der Waals surface area contributed by atoms with Crippen molar-refractivity contribution in [3.8, 4) is 16.9 Å². The van der Waals surface area contributed by atoms with Crippen molar-refractivity contribution >= 4 is 17.8 Å². The van der Waals surface area contributed by atoms with Crippen molar-refractivity contribution in [1.29, 1.82) is 0 Å². The highest BCUT2D eigenvalue weighted by Gasteiger charge is 2.22. The Labute approximate surface area is 239 Å². The molecule has 8 nitrogen and oxygen atoms in total. The first-order chi connectivity index (χ1) is 20.0. The van der Waals surface area contributed by atoms with Crippen LogP contribution in [0.15, 0.2) is 97.3 Å². The molecule has 210 valence electrons. The molecule has 3 aromatic carbocycles. The molecule has 0 aliphatic carbocycles. The van der Waals surface area contributed by atoms with Crippen molar-refractivity contribution < 1.29 is 24.2 Å². The maximum atomic E-state index is 13.9. The first-order valence-electron chi connectivity index (χ1n) is 13.5. The average Bonchev–Trinajstić information content (AvgIpc) is 3.00. The zero-order chi connectivity index (χ0) is 29.0. The molecule has 0 saturated carbocycles. The largest absolute Gasteiger partial charge is 0.494 e. The monoisotopic (exact) mass is 551 g/mol. The van der Waals surface area contributed by atoms with Gasteiger partial charge in [-0.05, 0) is 65.9 Å². The lowest BCUT2D eigenvalue weighted by atomic mass is 9.94. The van der Waals surface area contributed by atoms with Gasteiger partial charge < -0.3 is 20.1 Å². The van der Waals surface area contributed by atoms with Crippen LogP contribution in [0.25, 0.3) is 11.1 Å². The highest BCUT2D eigenvalue weighted by Crippen LogP contribution is 2.28. The van der Waals surface area contributed by atoms with Crippen LogP contribution in [0.1, 0.15) is 45.2 Å². The SMILES string of the molecule is CCOc1cccc(CCN(CCC(=O)O)C(=O)c2ccccc2-c2ccccc2C(=O)NCc2cccnc2)c1. The molecule has 4 aromatic rings. The van der Waals surface area contributed by atoms with Crippen LogP contribution in [0, 0.1) is 0 Å². The minimum absolute atomic E-state index is 0.0564. The Bertz CT molecular complexity index is 1490. The van der Waals surface area contributed by atoms with Crippen LogP contribution in [0.4, 0.5) is 0 Å². The maximum absolute atomic E-state index is 13.9. The lowest BCUT2D eigenvalue weighted by molar-refractivity contribution is -0.137. The zero-order valence-electron chi connectivity index (χ0n) is 23.0. The fourth-order valence-electron chi connectivity index (χ4n) is 4.54. The van der Waals surface area contributed by atoms with Crippen molar-refractivity contribution in [1.82, 2.24) is 15.2 Å². The maximum Gasteiger partial charge on any atom is 0.305 e. The van der Waals surface area contributed by atoms with Gasteiger partial charge in [0.2, 0.25) is 0 Å². The van der Waals surface area contributed by atoms with Crippen LogP contribution < -0.4 is 10.1 Å². The average molecular weight is 552 g/mol. The van der Waals surface area contributed by atoms with Gasteiger partial charge in [-0.2, -0.15) is 0 Å². The lowest BCUT2D eigenvalue weighted by Crippen LogP contribution is -2.35. The van der Waals surface area contributed by atoms with E-state index in [4.69, 9.17) is 4.74 Å². The van der Waals surface area contributed by atoms with E-state index in [0.29, 0.717) is 48.4 Å². The number of carbonyl (C=O) groups is 3. The number of carbonyl (C=O) groups excluding carboxylic acids is 2. The summed E-state index contributed by atoms with van der Waals surface area (Å²) in [5.41, 5.74) is 3.89. The number of pyridine rings is 1. The van der Waals surface area contributed by atoms with Gasteiger partial charge in [0.1, 0.15) is 5.75 Å². The van der Waals surface area contributed by atoms with Gasteiger partial charge in [0, 0.05) is 43.2 Å². The number of benzene rings is 3. The highest BCUT2D eigenvalue weighted by atomic mass is 16.5. The molecule has 0 atom stereocenters. The molecule has 0 radical (unpaired) electrons. The molecule has 0 saturated heterocycles. The molecule has 4 rings (SSSR count). The van der Waals surface area contributed by atoms with Gasteiger partial charge in [0.15, 0.2) is 0 Å². The number of nitrogens with zero attached hydrogens (tertiary/aromatic N) is 2. The number of aromatic nitrogens is 1. The molecule has 0 spiro atoms. The van der Waals surface area contributed by atoms with Gasteiger partial charge in [-0.3, -0.25) is 19.4 Å². The third kappa shape index (κ3) is 8.02. The predicted molar refractivity (Wildman–Crippen MR) is 157 cm³/mol. The van der Waals surface area contributed by atoms with Crippen LogP contribution >= 0.6 is 0 Å². The third-order valence-electron chi connectivity index (χ3n) is 6.56. The summed E-state index contributed by atoms with van der Waals surface area (Å²) in [5.74, 6) is -0.806. The molecule has 2 N–H and O–H groups in total. The molecule has 1 heterocycles. The molecule has 0 unspecified atom stereocenters. The fourth-order valence-corrected chi connectivity index (χ4v) is 4.54. The molecular weight excluding hydrogens is 518 g/mol. The van der Waals surface area contributed by atoms with E-state index in [1.807, 2.05) is 61.5 Å². The first-order valence-corrected chi connectivity index (χ1v) is 13.5. The van der Waals surface area contributed by atoms with Crippen molar-refractivity contribution in [3.05, 3.63) is 120 Å². The highest BCUT2D eigenvalue weighted by molar-refractivity contribution is 6.06. The Kier molecular flexibility index (Phi) is 10.2. The molecular formula is C33H33N3O5. The van der Waals surface area contributed by atoms with Crippen molar-refractivity contribution in [2.24, 2.45) is 0 Å². The van der Waals surface area contributed by atoms with E-state index in [0.717, 1.165) is 16.9 Å². The molecule has 0 fully saturated rings. The van der Waals surface area contributed by atoms with Crippen LogP contribution in [0.5, 0.6) is 5.75 Å². The molecule has 1 aromatic heterocycles.